The minimum absolute atomic E-state index is 0.148. The van der Waals surface area contributed by atoms with Crippen molar-refractivity contribution < 1.29 is 19.4 Å². The molecule has 1 N–H and O–H groups in total. The molecule has 0 saturated carbocycles. The van der Waals surface area contributed by atoms with Crippen LogP contribution < -0.4 is 0 Å². The first-order valence-corrected chi connectivity index (χ1v) is 3.53. The van der Waals surface area contributed by atoms with Gasteiger partial charge in [0.05, 0.1) is 0 Å². The van der Waals surface area contributed by atoms with Crippen LogP contribution in [0.15, 0.2) is 0 Å². The minimum Gasteiger partial charge on any atom is -0.343 e. The SMILES string of the molecule is CCCC(O)(OC)OCC=O. The van der Waals surface area contributed by atoms with E-state index < -0.39 is 5.97 Å². The van der Waals surface area contributed by atoms with Crippen molar-refractivity contribution in [3.05, 3.63) is 0 Å². The summed E-state index contributed by atoms with van der Waals surface area (Å²) in [7, 11) is 1.33. The summed E-state index contributed by atoms with van der Waals surface area (Å²) in [6.07, 6.45) is 1.65. The molecule has 66 valence electrons. The molecule has 0 aliphatic rings. The molecule has 0 saturated heterocycles. The molecule has 0 rings (SSSR count). The first-order valence-electron chi connectivity index (χ1n) is 3.53. The largest absolute Gasteiger partial charge is 0.343 e. The molecule has 0 aliphatic heterocycles. The molecule has 4 nitrogen and oxygen atoms in total. The van der Waals surface area contributed by atoms with Gasteiger partial charge < -0.3 is 19.4 Å². The molecule has 1 unspecified atom stereocenters. The second kappa shape index (κ2) is 5.23. The van der Waals surface area contributed by atoms with Gasteiger partial charge in [0.25, 0.3) is 5.97 Å². The predicted octanol–water partition coefficient (Wildman–Crippen LogP) is 0.295. The zero-order valence-electron chi connectivity index (χ0n) is 6.87. The van der Waals surface area contributed by atoms with Gasteiger partial charge in [0.1, 0.15) is 12.9 Å². The average Bonchev–Trinajstić information content (AvgIpc) is 2.02. The van der Waals surface area contributed by atoms with E-state index in [9.17, 15) is 9.90 Å². The highest BCUT2D eigenvalue weighted by atomic mass is 16.8. The molecule has 0 spiro atoms. The van der Waals surface area contributed by atoms with Crippen LogP contribution in [0.1, 0.15) is 19.8 Å². The van der Waals surface area contributed by atoms with E-state index in [-0.39, 0.29) is 6.61 Å². The van der Waals surface area contributed by atoms with Crippen molar-refractivity contribution in [2.24, 2.45) is 0 Å². The first kappa shape index (κ1) is 10.6. The molecule has 1 atom stereocenters. The van der Waals surface area contributed by atoms with Crippen LogP contribution in [0.4, 0.5) is 0 Å². The topological polar surface area (TPSA) is 55.8 Å². The van der Waals surface area contributed by atoms with E-state index in [0.29, 0.717) is 12.7 Å². The van der Waals surface area contributed by atoms with Crippen molar-refractivity contribution >= 4 is 6.29 Å². The zero-order valence-corrected chi connectivity index (χ0v) is 6.87. The molecule has 0 radical (unpaired) electrons. The fraction of sp³-hybridized carbons (Fsp3) is 0.857. The van der Waals surface area contributed by atoms with Crippen molar-refractivity contribution in [3.63, 3.8) is 0 Å². The van der Waals surface area contributed by atoms with Crippen molar-refractivity contribution in [2.75, 3.05) is 13.7 Å². The molecule has 4 heteroatoms. The number of rotatable bonds is 6. The fourth-order valence-electron chi connectivity index (χ4n) is 0.713. The molecule has 0 bridgehead atoms. The summed E-state index contributed by atoms with van der Waals surface area (Å²) in [6.45, 7) is 1.73. The van der Waals surface area contributed by atoms with Gasteiger partial charge >= 0.3 is 0 Å². The summed E-state index contributed by atoms with van der Waals surface area (Å²) < 4.78 is 9.39. The Bertz CT molecular complexity index is 115. The van der Waals surface area contributed by atoms with Gasteiger partial charge in [0.15, 0.2) is 0 Å². The third kappa shape index (κ3) is 4.08. The van der Waals surface area contributed by atoms with E-state index in [1.807, 2.05) is 6.92 Å². The lowest BCUT2D eigenvalue weighted by Crippen LogP contribution is -2.34. The van der Waals surface area contributed by atoms with Crippen LogP contribution in [0, 0.1) is 0 Å². The van der Waals surface area contributed by atoms with E-state index in [0.717, 1.165) is 6.42 Å². The highest BCUT2D eigenvalue weighted by molar-refractivity contribution is 5.50. The van der Waals surface area contributed by atoms with Gasteiger partial charge in [-0.3, -0.25) is 0 Å². The van der Waals surface area contributed by atoms with E-state index in [1.54, 1.807) is 0 Å². The second-order valence-corrected chi connectivity index (χ2v) is 2.14. The smallest absolute Gasteiger partial charge is 0.280 e. The molecule has 11 heavy (non-hydrogen) atoms. The highest BCUT2D eigenvalue weighted by Gasteiger charge is 2.25. The number of aliphatic hydroxyl groups is 1. The van der Waals surface area contributed by atoms with Crippen LogP contribution in [-0.4, -0.2) is 31.1 Å². The summed E-state index contributed by atoms with van der Waals surface area (Å²) in [5.74, 6) is -1.59. The van der Waals surface area contributed by atoms with Crippen molar-refractivity contribution in [2.45, 2.75) is 25.7 Å². The maximum absolute atomic E-state index is 9.88. The van der Waals surface area contributed by atoms with Gasteiger partial charge in [-0.15, -0.1) is 0 Å². The van der Waals surface area contributed by atoms with Crippen LogP contribution in [-0.2, 0) is 14.3 Å². The molecular weight excluding hydrogens is 148 g/mol. The Morgan fingerprint density at radius 2 is 2.27 bits per heavy atom. The summed E-state index contributed by atoms with van der Waals surface area (Å²) in [5, 5.41) is 9.35. The van der Waals surface area contributed by atoms with Gasteiger partial charge in [-0.05, 0) is 6.42 Å². The lowest BCUT2D eigenvalue weighted by Gasteiger charge is -2.24. The van der Waals surface area contributed by atoms with Gasteiger partial charge in [0.2, 0.25) is 0 Å². The minimum atomic E-state index is -1.59. The average molecular weight is 162 g/mol. The van der Waals surface area contributed by atoms with Crippen LogP contribution in [0.2, 0.25) is 0 Å². The van der Waals surface area contributed by atoms with E-state index in [4.69, 9.17) is 4.74 Å². The maximum Gasteiger partial charge on any atom is 0.280 e. The molecule has 0 aromatic rings. The number of carbonyl (C=O) groups is 1. The molecule has 0 aromatic heterocycles. The molecule has 0 amide bonds. The molecule has 0 aliphatic carbocycles. The predicted molar refractivity (Wildman–Crippen MR) is 38.9 cm³/mol. The van der Waals surface area contributed by atoms with Crippen molar-refractivity contribution in [1.29, 1.82) is 0 Å². The van der Waals surface area contributed by atoms with E-state index >= 15 is 0 Å². The summed E-state index contributed by atoms with van der Waals surface area (Å²) in [5.41, 5.74) is 0. The van der Waals surface area contributed by atoms with Gasteiger partial charge in [-0.2, -0.15) is 0 Å². The number of ether oxygens (including phenoxy) is 2. The van der Waals surface area contributed by atoms with Crippen LogP contribution in [0.25, 0.3) is 0 Å². The standard InChI is InChI=1S/C7H14O4/c1-3-4-7(9,10-2)11-6-5-8/h5,9H,3-4,6H2,1-2H3. The summed E-state index contributed by atoms with van der Waals surface area (Å²) >= 11 is 0. The van der Waals surface area contributed by atoms with E-state index in [2.05, 4.69) is 4.74 Å². The first-order chi connectivity index (χ1) is 5.18. The Hall–Kier alpha value is -0.450. The quantitative estimate of drug-likeness (QED) is 0.450. The Balaban J connectivity index is 3.76. The van der Waals surface area contributed by atoms with Gasteiger partial charge in [-0.1, -0.05) is 6.92 Å². The molecule has 0 aromatic carbocycles. The summed E-state index contributed by atoms with van der Waals surface area (Å²) in [4.78, 5) is 9.88. The summed E-state index contributed by atoms with van der Waals surface area (Å²) in [6, 6.07) is 0. The van der Waals surface area contributed by atoms with Gasteiger partial charge in [0, 0.05) is 13.5 Å². The van der Waals surface area contributed by atoms with Crippen LogP contribution in [0.5, 0.6) is 0 Å². The Labute approximate surface area is 66.1 Å². The number of hydrogen-bond donors (Lipinski definition) is 1. The second-order valence-electron chi connectivity index (χ2n) is 2.14. The number of hydrogen-bond acceptors (Lipinski definition) is 4. The lowest BCUT2D eigenvalue weighted by atomic mass is 10.3. The molecular formula is C7H14O4. The molecule has 0 heterocycles. The third-order valence-electron chi connectivity index (χ3n) is 1.26. The van der Waals surface area contributed by atoms with Gasteiger partial charge in [-0.25, -0.2) is 0 Å². The fourth-order valence-corrected chi connectivity index (χ4v) is 0.713. The molecule has 0 fully saturated rings. The Kier molecular flexibility index (Phi) is 5.02. The Morgan fingerprint density at radius 3 is 2.64 bits per heavy atom. The highest BCUT2D eigenvalue weighted by Crippen LogP contribution is 2.14. The normalized spacial score (nSPS) is 15.9. The van der Waals surface area contributed by atoms with Crippen molar-refractivity contribution in [1.82, 2.24) is 0 Å². The number of methoxy groups -OCH3 is 1. The third-order valence-corrected chi connectivity index (χ3v) is 1.26. The lowest BCUT2D eigenvalue weighted by molar-refractivity contribution is -0.349. The zero-order chi connectivity index (χ0) is 8.74. The Morgan fingerprint density at radius 1 is 1.64 bits per heavy atom. The van der Waals surface area contributed by atoms with Crippen LogP contribution in [0.3, 0.4) is 0 Å². The van der Waals surface area contributed by atoms with Crippen LogP contribution >= 0.6 is 0 Å². The number of carbonyl (C=O) groups excluding carboxylic acids is 1. The van der Waals surface area contributed by atoms with E-state index in [1.165, 1.54) is 7.11 Å². The number of aldehydes is 1. The maximum atomic E-state index is 9.88. The van der Waals surface area contributed by atoms with Crippen molar-refractivity contribution in [3.8, 4) is 0 Å². The monoisotopic (exact) mass is 162 g/mol.